The van der Waals surface area contributed by atoms with Crippen molar-refractivity contribution in [1.82, 2.24) is 10.2 Å². The fraction of sp³-hybridized carbons (Fsp3) is 0.571. The van der Waals surface area contributed by atoms with E-state index in [0.29, 0.717) is 5.33 Å². The Kier molecular flexibility index (Phi) is 32.5. The third kappa shape index (κ3) is 36.3. The van der Waals surface area contributed by atoms with Crippen LogP contribution in [0.4, 0.5) is 4.70 Å². The van der Waals surface area contributed by atoms with Gasteiger partial charge in [-0.15, -0.1) is 0 Å². The van der Waals surface area contributed by atoms with E-state index in [-0.39, 0.29) is 18.1 Å². The van der Waals surface area contributed by atoms with Gasteiger partial charge in [-0.05, 0) is 28.2 Å². The van der Waals surface area contributed by atoms with Crippen molar-refractivity contribution in [3.8, 4) is 0 Å². The first-order valence-electron chi connectivity index (χ1n) is 6.17. The number of hydrogen-bond acceptors (Lipinski definition) is 6. The minimum atomic E-state index is -0.315. The highest BCUT2D eigenvalue weighted by Crippen LogP contribution is 1.82. The zero-order chi connectivity index (χ0) is 17.1. The number of halogens is 2. The fourth-order valence-electron chi connectivity index (χ4n) is 0.637. The summed E-state index contributed by atoms with van der Waals surface area (Å²) in [4.78, 5) is 22.7. The highest BCUT2D eigenvalue weighted by Gasteiger charge is 1.89. The van der Waals surface area contributed by atoms with Gasteiger partial charge in [-0.2, -0.15) is 0 Å². The van der Waals surface area contributed by atoms with Gasteiger partial charge >= 0.3 is 11.9 Å². The Morgan fingerprint density at radius 2 is 1.45 bits per heavy atom. The van der Waals surface area contributed by atoms with Crippen LogP contribution in [0, 0.1) is 0 Å². The molecule has 0 saturated carbocycles. The molecular formula is C14H30BrFN2O4. The van der Waals surface area contributed by atoms with Crippen LogP contribution in [-0.2, 0) is 19.1 Å². The van der Waals surface area contributed by atoms with Crippen molar-refractivity contribution >= 4 is 27.9 Å². The van der Waals surface area contributed by atoms with Gasteiger partial charge in [0, 0.05) is 25.5 Å². The Morgan fingerprint density at radius 1 is 1.09 bits per heavy atom. The van der Waals surface area contributed by atoms with E-state index < -0.39 is 0 Å². The van der Waals surface area contributed by atoms with Crippen molar-refractivity contribution in [3.63, 3.8) is 0 Å². The van der Waals surface area contributed by atoms with Crippen molar-refractivity contribution in [1.29, 1.82) is 0 Å². The number of methoxy groups -OCH3 is 2. The summed E-state index contributed by atoms with van der Waals surface area (Å²) in [5.41, 5.74) is 0. The maximum Gasteiger partial charge on any atom is 0.330 e. The first-order chi connectivity index (χ1) is 9.89. The van der Waals surface area contributed by atoms with Gasteiger partial charge in [0.05, 0.1) is 14.2 Å². The van der Waals surface area contributed by atoms with E-state index in [1.165, 1.54) is 26.4 Å². The zero-order valence-electron chi connectivity index (χ0n) is 14.1. The van der Waals surface area contributed by atoms with Gasteiger partial charge in [-0.3, -0.25) is 4.70 Å². The number of hydrogen-bond donors (Lipinski definition) is 1. The number of alkyl halides is 1. The Labute approximate surface area is 142 Å². The molecule has 0 amide bonds. The summed E-state index contributed by atoms with van der Waals surface area (Å²) in [5, 5.41) is 3.43. The molecule has 22 heavy (non-hydrogen) atoms. The van der Waals surface area contributed by atoms with Crippen LogP contribution in [0.3, 0.4) is 0 Å². The molecule has 0 aromatic heterocycles. The molecule has 0 aliphatic rings. The molecule has 0 aliphatic heterocycles. The predicted molar refractivity (Wildman–Crippen MR) is 94.3 cm³/mol. The topological polar surface area (TPSA) is 67.9 Å². The molecular weight excluding hydrogens is 359 g/mol. The molecule has 0 fully saturated rings. The predicted octanol–water partition coefficient (Wildman–Crippen LogP) is 1.62. The molecule has 0 radical (unpaired) electrons. The quantitative estimate of drug-likeness (QED) is 0.437. The molecule has 0 saturated heterocycles. The van der Waals surface area contributed by atoms with E-state index in [9.17, 15) is 9.59 Å². The lowest BCUT2D eigenvalue weighted by atomic mass is 10.5. The Balaban J connectivity index is -0.0000000755. The van der Waals surface area contributed by atoms with Crippen molar-refractivity contribution in [2.45, 2.75) is 0 Å². The molecule has 0 bridgehead atoms. The second kappa shape index (κ2) is 24.7. The monoisotopic (exact) mass is 390 g/mol. The van der Waals surface area contributed by atoms with E-state index in [2.05, 4.69) is 30.7 Å². The van der Waals surface area contributed by atoms with Crippen LogP contribution in [-0.4, -0.2) is 71.1 Å². The van der Waals surface area contributed by atoms with Crippen LogP contribution < -0.4 is 5.32 Å². The highest BCUT2D eigenvalue weighted by atomic mass is 79.9. The van der Waals surface area contributed by atoms with E-state index in [1.54, 1.807) is 12.2 Å². The molecule has 1 N–H and O–H groups in total. The summed E-state index contributed by atoms with van der Waals surface area (Å²) in [7, 11) is 10.3. The lowest BCUT2D eigenvalue weighted by molar-refractivity contribution is -0.135. The molecule has 6 nitrogen and oxygen atoms in total. The average Bonchev–Trinajstić information content (AvgIpc) is 2.45. The number of carbonyl (C=O) groups is 2. The third-order valence-electron chi connectivity index (χ3n) is 1.47. The van der Waals surface area contributed by atoms with E-state index in [1.807, 2.05) is 33.1 Å². The summed E-state index contributed by atoms with van der Waals surface area (Å²) in [6, 6.07) is 0. The van der Waals surface area contributed by atoms with Crippen LogP contribution in [0.5, 0.6) is 0 Å². The van der Waals surface area contributed by atoms with E-state index >= 15 is 0 Å². The molecule has 0 aromatic rings. The van der Waals surface area contributed by atoms with Gasteiger partial charge in [0.2, 0.25) is 0 Å². The third-order valence-corrected chi connectivity index (χ3v) is 1.84. The largest absolute Gasteiger partial charge is 0.466 e. The van der Waals surface area contributed by atoms with Gasteiger partial charge in [0.25, 0.3) is 0 Å². The molecule has 134 valence electrons. The van der Waals surface area contributed by atoms with Crippen LogP contribution in [0.15, 0.2) is 24.3 Å². The molecule has 0 rings (SSSR count). The minimum Gasteiger partial charge on any atom is -0.466 e. The maximum atomic E-state index is 10.5. The number of ether oxygens (including phenoxy) is 2. The van der Waals surface area contributed by atoms with Gasteiger partial charge in [0.15, 0.2) is 0 Å². The number of allylic oxidation sites excluding steroid dienone is 1. The molecule has 0 heterocycles. The Hall–Kier alpha value is -1.25. The van der Waals surface area contributed by atoms with Crippen LogP contribution in [0.25, 0.3) is 0 Å². The van der Waals surface area contributed by atoms with E-state index in [4.69, 9.17) is 0 Å². The fourth-order valence-corrected chi connectivity index (χ4v) is 0.824. The van der Waals surface area contributed by atoms with Crippen LogP contribution in [0.2, 0.25) is 0 Å². The molecule has 0 aliphatic carbocycles. The average molecular weight is 391 g/mol. The molecule has 0 aromatic carbocycles. The Bertz CT molecular complexity index is 317. The molecule has 0 atom stereocenters. The van der Waals surface area contributed by atoms with Gasteiger partial charge in [0.1, 0.15) is 0 Å². The van der Waals surface area contributed by atoms with Crippen LogP contribution in [0.1, 0.15) is 1.43 Å². The van der Waals surface area contributed by atoms with Crippen molar-refractivity contribution < 1.29 is 25.2 Å². The number of carbonyl (C=O) groups excluding carboxylic acids is 2. The molecule has 0 unspecified atom stereocenters. The summed E-state index contributed by atoms with van der Waals surface area (Å²) in [5.74, 6) is -0.619. The summed E-state index contributed by atoms with van der Waals surface area (Å²) >= 11 is 3.11. The van der Waals surface area contributed by atoms with Crippen molar-refractivity contribution in [2.75, 3.05) is 54.3 Å². The summed E-state index contributed by atoms with van der Waals surface area (Å²) in [6.07, 6.45) is 6.21. The molecule has 8 heteroatoms. The van der Waals surface area contributed by atoms with Gasteiger partial charge in [-0.25, -0.2) is 9.59 Å². The summed E-state index contributed by atoms with van der Waals surface area (Å²) in [6.45, 7) is 0.759. The normalized spacial score (nSPS) is 9.27. The second-order valence-corrected chi connectivity index (χ2v) is 4.42. The Morgan fingerprint density at radius 3 is 1.73 bits per heavy atom. The van der Waals surface area contributed by atoms with Crippen LogP contribution >= 0.6 is 15.9 Å². The lowest BCUT2D eigenvalue weighted by Gasteiger charge is -2.02. The van der Waals surface area contributed by atoms with Gasteiger partial charge in [-0.1, -0.05) is 28.1 Å². The second-order valence-electron chi connectivity index (χ2n) is 3.77. The van der Waals surface area contributed by atoms with Crippen molar-refractivity contribution in [3.05, 3.63) is 24.3 Å². The lowest BCUT2D eigenvalue weighted by Crippen LogP contribution is -2.11. The maximum absolute atomic E-state index is 10.5. The summed E-state index contributed by atoms with van der Waals surface area (Å²) < 4.78 is 8.69. The zero-order valence-corrected chi connectivity index (χ0v) is 15.7. The SMILES string of the molecule is CNC.COC(=O)/C=C/CBr.COC(=O)/C=C/CN(C)C.F.[3HH]. The number of rotatable bonds is 5. The molecule has 0 spiro atoms. The van der Waals surface area contributed by atoms with Gasteiger partial charge < -0.3 is 19.7 Å². The smallest absolute Gasteiger partial charge is 0.330 e. The highest BCUT2D eigenvalue weighted by molar-refractivity contribution is 9.09. The number of nitrogens with one attached hydrogen (secondary N) is 1. The number of nitrogens with zero attached hydrogens (tertiary/aromatic N) is 1. The minimum absolute atomic E-state index is 0. The number of likely N-dealkylation sites (N-methyl/N-ethyl adjacent to an activating group) is 1. The first-order valence-corrected chi connectivity index (χ1v) is 7.29. The number of esters is 2. The van der Waals surface area contributed by atoms with E-state index in [0.717, 1.165) is 6.54 Å². The van der Waals surface area contributed by atoms with Crippen molar-refractivity contribution in [2.24, 2.45) is 0 Å². The standard InChI is InChI=1S/C7H13NO2.C5H7BrO2.C2H7N.FH.H2/c1-8(2)6-4-5-7(9)10-3;1-8-5(7)3-2-4-6;1-3-2;;/h4-5H,6H2,1-3H3;2-3H,4H2,1H3;3H,1-2H3;2*1H/b5-4+;3-2+;;;/i;;;;1+2. The first kappa shape index (κ1) is 28.8.